The van der Waals surface area contributed by atoms with Crippen LogP contribution >= 0.6 is 0 Å². The number of hydrogen-bond donors (Lipinski definition) is 4. The van der Waals surface area contributed by atoms with E-state index >= 15 is 0 Å². The third-order valence-corrected chi connectivity index (χ3v) is 13.7. The van der Waals surface area contributed by atoms with E-state index in [1.807, 2.05) is 7.05 Å². The number of carbonyl (C=O) groups is 1. The third kappa shape index (κ3) is 23.2. The molecule has 0 aromatic heterocycles. The highest BCUT2D eigenvalue weighted by molar-refractivity contribution is 6.84. The SMILES string of the molecule is CNC(C)CCC(C)NCCC(=O)OCC(O)COCCC[Si](C)(C)O[Si](C)(C)CCCOCC(C)O. The fourth-order valence-electron chi connectivity index (χ4n) is 4.00. The van der Waals surface area contributed by atoms with Crippen LogP contribution in [-0.4, -0.2) is 104 Å². The average molecular weight is 567 g/mol. The summed E-state index contributed by atoms with van der Waals surface area (Å²) in [6.45, 7) is 17.3. The zero-order chi connectivity index (χ0) is 28.3. The predicted molar refractivity (Wildman–Crippen MR) is 155 cm³/mol. The fraction of sp³-hybridized carbons (Fsp3) is 0.962. The van der Waals surface area contributed by atoms with Gasteiger partial charge in [-0.05, 0) is 91.8 Å². The molecule has 0 aliphatic rings. The van der Waals surface area contributed by atoms with Crippen molar-refractivity contribution in [3.05, 3.63) is 0 Å². The minimum atomic E-state index is -1.81. The molecule has 0 aliphatic carbocycles. The summed E-state index contributed by atoms with van der Waals surface area (Å²) < 4.78 is 22.9. The van der Waals surface area contributed by atoms with Gasteiger partial charge in [0, 0.05) is 31.8 Å². The van der Waals surface area contributed by atoms with Crippen LogP contribution in [0.1, 0.15) is 52.9 Å². The smallest absolute Gasteiger partial charge is 0.307 e. The van der Waals surface area contributed by atoms with Gasteiger partial charge in [-0.25, -0.2) is 0 Å². The van der Waals surface area contributed by atoms with Gasteiger partial charge >= 0.3 is 5.97 Å². The lowest BCUT2D eigenvalue weighted by Gasteiger charge is -2.34. The largest absolute Gasteiger partial charge is 0.463 e. The molecule has 222 valence electrons. The summed E-state index contributed by atoms with van der Waals surface area (Å²) >= 11 is 0. The van der Waals surface area contributed by atoms with E-state index in [0.717, 1.165) is 37.8 Å². The fourth-order valence-corrected chi connectivity index (χ4v) is 12.8. The van der Waals surface area contributed by atoms with E-state index in [1.54, 1.807) is 6.92 Å². The van der Waals surface area contributed by atoms with Gasteiger partial charge in [0.2, 0.25) is 0 Å². The minimum absolute atomic E-state index is 0.0435. The standard InChI is InChI=1S/C26H58N2O7Si2/c1-22(27-4)11-12-23(2)28-14-13-26(31)34-21-25(30)20-33-16-10-18-37(7,8)35-36(5,6)17-9-15-32-19-24(3)29/h22-25,27-30H,9-21H2,1-8H3. The van der Waals surface area contributed by atoms with Crippen molar-refractivity contribution in [2.75, 3.05) is 46.6 Å². The Kier molecular flexibility index (Phi) is 20.3. The molecular formula is C26H58N2O7Si2. The van der Waals surface area contributed by atoms with E-state index in [4.69, 9.17) is 18.3 Å². The second-order valence-electron chi connectivity index (χ2n) is 11.5. The average Bonchev–Trinajstić information content (AvgIpc) is 2.79. The number of rotatable bonds is 24. The van der Waals surface area contributed by atoms with Crippen LogP contribution in [0, 0.1) is 0 Å². The molecular weight excluding hydrogens is 508 g/mol. The van der Waals surface area contributed by atoms with Crippen LogP contribution in [0.15, 0.2) is 0 Å². The van der Waals surface area contributed by atoms with Crippen LogP contribution in [0.2, 0.25) is 38.3 Å². The maximum Gasteiger partial charge on any atom is 0.307 e. The molecule has 0 fully saturated rings. The Morgan fingerprint density at radius 1 is 0.838 bits per heavy atom. The molecule has 0 radical (unpaired) electrons. The molecule has 0 heterocycles. The first-order valence-electron chi connectivity index (χ1n) is 14.0. The van der Waals surface area contributed by atoms with Gasteiger partial charge in [0.15, 0.2) is 16.6 Å². The Hall–Kier alpha value is -0.376. The number of esters is 1. The molecule has 4 atom stereocenters. The van der Waals surface area contributed by atoms with Crippen molar-refractivity contribution in [1.29, 1.82) is 0 Å². The Morgan fingerprint density at radius 2 is 1.38 bits per heavy atom. The molecule has 0 aromatic carbocycles. The molecule has 0 spiro atoms. The summed E-state index contributed by atoms with van der Waals surface area (Å²) in [4.78, 5) is 11.9. The van der Waals surface area contributed by atoms with Crippen LogP contribution in [0.25, 0.3) is 0 Å². The minimum Gasteiger partial charge on any atom is -0.463 e. The lowest BCUT2D eigenvalue weighted by Crippen LogP contribution is -2.44. The Balaban J connectivity index is 3.89. The van der Waals surface area contributed by atoms with Gasteiger partial charge in [0.25, 0.3) is 0 Å². The van der Waals surface area contributed by atoms with Crippen LogP contribution in [-0.2, 0) is 23.1 Å². The van der Waals surface area contributed by atoms with Crippen molar-refractivity contribution < 1.29 is 33.3 Å². The number of ether oxygens (including phenoxy) is 3. The van der Waals surface area contributed by atoms with Crippen molar-refractivity contribution >= 4 is 22.6 Å². The van der Waals surface area contributed by atoms with Gasteiger partial charge in [-0.15, -0.1) is 0 Å². The topological polar surface area (TPSA) is 119 Å². The Labute approximate surface area is 228 Å². The molecule has 37 heavy (non-hydrogen) atoms. The number of carbonyl (C=O) groups excluding carboxylic acids is 1. The molecule has 9 nitrogen and oxygen atoms in total. The second kappa shape index (κ2) is 20.5. The van der Waals surface area contributed by atoms with E-state index in [2.05, 4.69) is 50.7 Å². The van der Waals surface area contributed by atoms with E-state index in [-0.39, 0.29) is 25.6 Å². The zero-order valence-electron chi connectivity index (χ0n) is 24.9. The van der Waals surface area contributed by atoms with E-state index < -0.39 is 28.8 Å². The molecule has 0 saturated carbocycles. The van der Waals surface area contributed by atoms with Gasteiger partial charge in [-0.1, -0.05) is 0 Å². The second-order valence-corrected chi connectivity index (χ2v) is 20.4. The van der Waals surface area contributed by atoms with E-state index in [9.17, 15) is 15.0 Å². The normalized spacial score (nSPS) is 15.8. The highest BCUT2D eigenvalue weighted by Crippen LogP contribution is 2.23. The predicted octanol–water partition coefficient (Wildman–Crippen LogP) is 3.27. The molecule has 0 rings (SSSR count). The van der Waals surface area contributed by atoms with E-state index in [0.29, 0.717) is 38.4 Å². The highest BCUT2D eigenvalue weighted by Gasteiger charge is 2.32. The maximum atomic E-state index is 11.9. The first-order valence-corrected chi connectivity index (χ1v) is 20.3. The zero-order valence-corrected chi connectivity index (χ0v) is 26.9. The maximum absolute atomic E-state index is 11.9. The summed E-state index contributed by atoms with van der Waals surface area (Å²) in [6.07, 6.45) is 3.00. The lowest BCUT2D eigenvalue weighted by molar-refractivity contribution is -0.147. The van der Waals surface area contributed by atoms with Crippen LogP contribution < -0.4 is 10.6 Å². The molecule has 4 unspecified atom stereocenters. The molecule has 11 heteroatoms. The van der Waals surface area contributed by atoms with Gasteiger partial charge in [0.05, 0.1) is 25.7 Å². The van der Waals surface area contributed by atoms with Gasteiger partial charge in [-0.3, -0.25) is 4.79 Å². The summed E-state index contributed by atoms with van der Waals surface area (Å²) in [5.41, 5.74) is 0. The Bertz CT molecular complexity index is 583. The number of aliphatic hydroxyl groups is 2. The first kappa shape index (κ1) is 36.6. The summed E-state index contributed by atoms with van der Waals surface area (Å²) in [5.74, 6) is -0.312. The van der Waals surface area contributed by atoms with Crippen LogP contribution in [0.4, 0.5) is 0 Å². The third-order valence-electron chi connectivity index (χ3n) is 6.14. The molecule has 0 amide bonds. The molecule has 0 saturated heterocycles. The van der Waals surface area contributed by atoms with Crippen LogP contribution in [0.3, 0.4) is 0 Å². The van der Waals surface area contributed by atoms with Gasteiger partial charge in [-0.2, -0.15) is 0 Å². The monoisotopic (exact) mass is 566 g/mol. The van der Waals surface area contributed by atoms with Gasteiger partial charge < -0.3 is 39.2 Å². The molecule has 0 aromatic rings. The molecule has 0 bridgehead atoms. The quantitative estimate of drug-likeness (QED) is 0.0793. The van der Waals surface area contributed by atoms with Crippen LogP contribution in [0.5, 0.6) is 0 Å². The van der Waals surface area contributed by atoms with Crippen molar-refractivity contribution in [1.82, 2.24) is 10.6 Å². The number of aliphatic hydroxyl groups excluding tert-OH is 2. The van der Waals surface area contributed by atoms with Gasteiger partial charge in [0.1, 0.15) is 12.7 Å². The summed E-state index contributed by atoms with van der Waals surface area (Å²) in [6, 6.07) is 2.86. The number of nitrogens with one attached hydrogen (secondary N) is 2. The Morgan fingerprint density at radius 3 is 1.92 bits per heavy atom. The summed E-state index contributed by atoms with van der Waals surface area (Å²) in [5, 5.41) is 25.9. The van der Waals surface area contributed by atoms with Crippen molar-refractivity contribution in [2.24, 2.45) is 0 Å². The first-order chi connectivity index (χ1) is 17.3. The summed E-state index contributed by atoms with van der Waals surface area (Å²) in [7, 11) is -1.61. The highest BCUT2D eigenvalue weighted by atomic mass is 28.4. The number of hydrogen-bond acceptors (Lipinski definition) is 9. The molecule has 4 N–H and O–H groups in total. The van der Waals surface area contributed by atoms with E-state index in [1.165, 1.54) is 0 Å². The lowest BCUT2D eigenvalue weighted by atomic mass is 10.1. The molecule has 0 aliphatic heterocycles. The van der Waals surface area contributed by atoms with Crippen molar-refractivity contribution in [2.45, 2.75) is 115 Å². The van der Waals surface area contributed by atoms with Crippen molar-refractivity contribution in [3.8, 4) is 0 Å². The van der Waals surface area contributed by atoms with Crippen molar-refractivity contribution in [3.63, 3.8) is 0 Å².